The fourth-order valence-electron chi connectivity index (χ4n) is 1.18. The Kier molecular flexibility index (Phi) is 3.08. The average molecular weight is 170 g/mol. The fraction of sp³-hybridized carbons (Fsp3) is 0.750. The maximum absolute atomic E-state index is 10.9. The van der Waals surface area contributed by atoms with Crippen LogP contribution in [0.2, 0.25) is 0 Å². The second kappa shape index (κ2) is 4.09. The van der Waals surface area contributed by atoms with E-state index in [0.29, 0.717) is 12.5 Å². The summed E-state index contributed by atoms with van der Waals surface area (Å²) in [6.45, 7) is 0.701. The van der Waals surface area contributed by atoms with Crippen LogP contribution in [0.1, 0.15) is 25.7 Å². The number of primary amides is 1. The molecule has 3 N–H and O–H groups in total. The molecule has 4 nitrogen and oxygen atoms in total. The number of nitrogens with one attached hydrogen (secondary N) is 1. The van der Waals surface area contributed by atoms with E-state index < -0.39 is 5.91 Å². The van der Waals surface area contributed by atoms with E-state index in [-0.39, 0.29) is 12.3 Å². The van der Waals surface area contributed by atoms with Gasteiger partial charge in [-0.15, -0.1) is 0 Å². The summed E-state index contributed by atoms with van der Waals surface area (Å²) in [5.41, 5.74) is 4.85. The first-order valence-electron chi connectivity index (χ1n) is 4.23. The Bertz CT molecular complexity index is 187. The van der Waals surface area contributed by atoms with Gasteiger partial charge in [0.25, 0.3) is 0 Å². The van der Waals surface area contributed by atoms with Crippen LogP contribution in [0.25, 0.3) is 0 Å². The first-order chi connectivity index (χ1) is 5.68. The summed E-state index contributed by atoms with van der Waals surface area (Å²) in [6.07, 6.45) is 3.46. The molecule has 1 aliphatic rings. The van der Waals surface area contributed by atoms with Crippen LogP contribution >= 0.6 is 0 Å². The van der Waals surface area contributed by atoms with Crippen molar-refractivity contribution in [3.8, 4) is 0 Å². The largest absolute Gasteiger partial charge is 0.369 e. The lowest BCUT2D eigenvalue weighted by Crippen LogP contribution is -2.34. The van der Waals surface area contributed by atoms with Crippen LogP contribution in [0.4, 0.5) is 0 Å². The van der Waals surface area contributed by atoms with Gasteiger partial charge in [0.1, 0.15) is 6.42 Å². The monoisotopic (exact) mass is 170 g/mol. The van der Waals surface area contributed by atoms with Crippen molar-refractivity contribution in [1.82, 2.24) is 5.32 Å². The van der Waals surface area contributed by atoms with Gasteiger partial charge in [0.15, 0.2) is 0 Å². The molecular formula is C8H14N2O2. The van der Waals surface area contributed by atoms with Gasteiger partial charge in [-0.2, -0.15) is 0 Å². The van der Waals surface area contributed by atoms with E-state index in [1.165, 1.54) is 19.3 Å². The van der Waals surface area contributed by atoms with Crippen LogP contribution in [0.5, 0.6) is 0 Å². The van der Waals surface area contributed by atoms with Gasteiger partial charge in [-0.1, -0.05) is 6.42 Å². The lowest BCUT2D eigenvalue weighted by Gasteiger charge is -2.25. The van der Waals surface area contributed by atoms with Gasteiger partial charge in [0.2, 0.25) is 11.8 Å². The summed E-state index contributed by atoms with van der Waals surface area (Å²) < 4.78 is 0. The predicted octanol–water partition coefficient (Wildman–Crippen LogP) is -0.222. The summed E-state index contributed by atoms with van der Waals surface area (Å²) >= 11 is 0. The molecule has 0 spiro atoms. The maximum atomic E-state index is 10.9. The summed E-state index contributed by atoms with van der Waals surface area (Å²) in [5.74, 6) is -0.197. The molecule has 0 bridgehead atoms. The summed E-state index contributed by atoms with van der Waals surface area (Å²) in [5, 5.41) is 2.68. The highest BCUT2D eigenvalue weighted by atomic mass is 16.2. The third-order valence-corrected chi connectivity index (χ3v) is 2.15. The van der Waals surface area contributed by atoms with Crippen LogP contribution in [0.15, 0.2) is 0 Å². The van der Waals surface area contributed by atoms with Gasteiger partial charge in [-0.05, 0) is 18.8 Å². The normalized spacial score (nSPS) is 16.7. The Morgan fingerprint density at radius 1 is 1.42 bits per heavy atom. The second-order valence-corrected chi connectivity index (χ2v) is 3.24. The van der Waals surface area contributed by atoms with Gasteiger partial charge in [0, 0.05) is 6.54 Å². The first kappa shape index (κ1) is 9.03. The van der Waals surface area contributed by atoms with Gasteiger partial charge in [0.05, 0.1) is 0 Å². The number of carbonyl (C=O) groups excluding carboxylic acids is 2. The molecule has 4 heteroatoms. The van der Waals surface area contributed by atoms with E-state index in [1.54, 1.807) is 0 Å². The summed E-state index contributed by atoms with van der Waals surface area (Å²) in [7, 11) is 0. The zero-order chi connectivity index (χ0) is 8.97. The Labute approximate surface area is 71.5 Å². The Balaban J connectivity index is 2.05. The zero-order valence-corrected chi connectivity index (χ0v) is 7.01. The molecule has 2 amide bonds. The van der Waals surface area contributed by atoms with E-state index in [1.807, 2.05) is 0 Å². The van der Waals surface area contributed by atoms with E-state index >= 15 is 0 Å². The number of carbonyl (C=O) groups is 2. The van der Waals surface area contributed by atoms with Crippen molar-refractivity contribution >= 4 is 11.8 Å². The van der Waals surface area contributed by atoms with Gasteiger partial charge >= 0.3 is 0 Å². The average Bonchev–Trinajstić information content (AvgIpc) is 1.81. The summed E-state index contributed by atoms with van der Waals surface area (Å²) in [6, 6.07) is 0. The molecule has 0 saturated heterocycles. The van der Waals surface area contributed by atoms with E-state index in [9.17, 15) is 9.59 Å². The highest BCUT2D eigenvalue weighted by Crippen LogP contribution is 2.24. The van der Waals surface area contributed by atoms with Crippen molar-refractivity contribution in [3.63, 3.8) is 0 Å². The van der Waals surface area contributed by atoms with Crippen molar-refractivity contribution in [2.45, 2.75) is 25.7 Å². The Hall–Kier alpha value is -1.06. The molecule has 1 saturated carbocycles. The van der Waals surface area contributed by atoms with Crippen molar-refractivity contribution in [1.29, 1.82) is 0 Å². The van der Waals surface area contributed by atoms with Crippen LogP contribution in [-0.4, -0.2) is 18.4 Å². The number of hydrogen-bond acceptors (Lipinski definition) is 2. The predicted molar refractivity (Wildman–Crippen MR) is 44.2 cm³/mol. The molecule has 0 aliphatic heterocycles. The molecule has 0 heterocycles. The standard InChI is InChI=1S/C8H14N2O2/c9-7(11)4-8(12)10-5-6-2-1-3-6/h6H,1-5H2,(H2,9,11)(H,10,12). The van der Waals surface area contributed by atoms with Crippen LogP contribution < -0.4 is 11.1 Å². The molecule has 0 radical (unpaired) electrons. The van der Waals surface area contributed by atoms with Gasteiger partial charge in [-0.3, -0.25) is 9.59 Å². The molecule has 0 atom stereocenters. The van der Waals surface area contributed by atoms with Gasteiger partial charge < -0.3 is 11.1 Å². The molecule has 0 aromatic rings. The number of rotatable bonds is 4. The number of hydrogen-bond donors (Lipinski definition) is 2. The molecule has 0 aromatic carbocycles. The second-order valence-electron chi connectivity index (χ2n) is 3.24. The molecule has 68 valence electrons. The Morgan fingerprint density at radius 3 is 2.50 bits per heavy atom. The minimum atomic E-state index is -0.568. The van der Waals surface area contributed by atoms with Crippen molar-refractivity contribution < 1.29 is 9.59 Å². The summed E-state index contributed by atoms with van der Waals surface area (Å²) in [4.78, 5) is 21.2. The molecule has 1 rings (SSSR count). The topological polar surface area (TPSA) is 72.2 Å². The van der Waals surface area contributed by atoms with Gasteiger partial charge in [-0.25, -0.2) is 0 Å². The van der Waals surface area contributed by atoms with E-state index in [2.05, 4.69) is 5.32 Å². The van der Waals surface area contributed by atoms with E-state index in [4.69, 9.17) is 5.73 Å². The third-order valence-electron chi connectivity index (χ3n) is 2.15. The minimum Gasteiger partial charge on any atom is -0.369 e. The van der Waals surface area contributed by atoms with Crippen molar-refractivity contribution in [2.75, 3.05) is 6.54 Å². The fourth-order valence-corrected chi connectivity index (χ4v) is 1.18. The molecule has 12 heavy (non-hydrogen) atoms. The maximum Gasteiger partial charge on any atom is 0.229 e. The molecule has 1 aliphatic carbocycles. The molecule has 1 fully saturated rings. The zero-order valence-electron chi connectivity index (χ0n) is 7.01. The van der Waals surface area contributed by atoms with Crippen LogP contribution in [0.3, 0.4) is 0 Å². The minimum absolute atomic E-state index is 0.188. The number of amides is 2. The SMILES string of the molecule is NC(=O)CC(=O)NCC1CCC1. The lowest BCUT2D eigenvalue weighted by atomic mass is 9.85. The molecule has 0 aromatic heterocycles. The van der Waals surface area contributed by atoms with E-state index in [0.717, 1.165) is 0 Å². The van der Waals surface area contributed by atoms with Crippen molar-refractivity contribution in [2.24, 2.45) is 11.7 Å². The van der Waals surface area contributed by atoms with Crippen LogP contribution in [-0.2, 0) is 9.59 Å². The Morgan fingerprint density at radius 2 is 2.08 bits per heavy atom. The first-order valence-corrected chi connectivity index (χ1v) is 4.23. The highest BCUT2D eigenvalue weighted by molar-refractivity contribution is 5.95. The quantitative estimate of drug-likeness (QED) is 0.572. The van der Waals surface area contributed by atoms with Crippen molar-refractivity contribution in [3.05, 3.63) is 0 Å². The van der Waals surface area contributed by atoms with Crippen LogP contribution in [0, 0.1) is 5.92 Å². The smallest absolute Gasteiger partial charge is 0.229 e. The lowest BCUT2D eigenvalue weighted by molar-refractivity contribution is -0.127. The molecule has 0 unspecified atom stereocenters. The molecular weight excluding hydrogens is 156 g/mol. The third kappa shape index (κ3) is 2.90. The number of nitrogens with two attached hydrogens (primary N) is 1. The highest BCUT2D eigenvalue weighted by Gasteiger charge is 2.17.